The average molecular weight is 266 g/mol. The van der Waals surface area contributed by atoms with E-state index in [4.69, 9.17) is 14.2 Å². The van der Waals surface area contributed by atoms with Crippen molar-refractivity contribution in [1.29, 1.82) is 0 Å². The molecular formula is C16H26O3. The molecule has 0 N–H and O–H groups in total. The molecular weight excluding hydrogens is 240 g/mol. The van der Waals surface area contributed by atoms with Crippen LogP contribution in [0.1, 0.15) is 26.7 Å². The van der Waals surface area contributed by atoms with Crippen LogP contribution in [0.5, 0.6) is 0 Å². The van der Waals surface area contributed by atoms with Crippen LogP contribution in [-0.2, 0) is 14.2 Å². The molecule has 0 bridgehead atoms. The molecule has 2 unspecified atom stereocenters. The van der Waals surface area contributed by atoms with Crippen molar-refractivity contribution in [3.8, 4) is 0 Å². The first-order valence-electron chi connectivity index (χ1n) is 7.22. The van der Waals surface area contributed by atoms with E-state index in [0.717, 1.165) is 39.3 Å². The lowest BCUT2D eigenvalue weighted by Gasteiger charge is -2.50. The molecule has 108 valence electrons. The second kappa shape index (κ2) is 5.78. The summed E-state index contributed by atoms with van der Waals surface area (Å²) in [5, 5.41) is 0. The summed E-state index contributed by atoms with van der Waals surface area (Å²) < 4.78 is 17.2. The molecule has 0 amide bonds. The first-order valence-corrected chi connectivity index (χ1v) is 7.22. The minimum Gasteiger partial charge on any atom is -0.380 e. The summed E-state index contributed by atoms with van der Waals surface area (Å²) in [5.74, 6) is 0. The molecule has 19 heavy (non-hydrogen) atoms. The van der Waals surface area contributed by atoms with E-state index in [1.807, 2.05) is 12.2 Å². The van der Waals surface area contributed by atoms with Crippen LogP contribution in [0.2, 0.25) is 0 Å². The van der Waals surface area contributed by atoms with Crippen molar-refractivity contribution in [2.24, 2.45) is 10.8 Å². The van der Waals surface area contributed by atoms with Gasteiger partial charge in [-0.2, -0.15) is 0 Å². The Morgan fingerprint density at radius 3 is 1.47 bits per heavy atom. The maximum atomic E-state index is 6.35. The van der Waals surface area contributed by atoms with Crippen LogP contribution < -0.4 is 0 Å². The highest BCUT2D eigenvalue weighted by Gasteiger charge is 2.49. The first-order chi connectivity index (χ1) is 9.16. The lowest BCUT2D eigenvalue weighted by atomic mass is 9.75. The Labute approximate surface area is 116 Å². The second-order valence-electron chi connectivity index (χ2n) is 5.87. The minimum atomic E-state index is 0.0262. The molecule has 0 aromatic carbocycles. The quantitative estimate of drug-likeness (QED) is 0.632. The Morgan fingerprint density at radius 2 is 1.32 bits per heavy atom. The zero-order valence-electron chi connectivity index (χ0n) is 12.2. The largest absolute Gasteiger partial charge is 0.380 e. The van der Waals surface area contributed by atoms with Gasteiger partial charge in [0, 0.05) is 10.8 Å². The molecule has 0 aliphatic carbocycles. The van der Waals surface area contributed by atoms with Crippen molar-refractivity contribution >= 4 is 0 Å². The van der Waals surface area contributed by atoms with Crippen molar-refractivity contribution in [2.75, 3.05) is 26.4 Å². The van der Waals surface area contributed by atoms with E-state index in [-0.39, 0.29) is 23.0 Å². The maximum Gasteiger partial charge on any atom is 0.0861 e. The molecule has 0 aromatic rings. The van der Waals surface area contributed by atoms with Gasteiger partial charge in [0.05, 0.1) is 38.6 Å². The Hall–Kier alpha value is -0.640. The lowest BCUT2D eigenvalue weighted by molar-refractivity contribution is -0.226. The average Bonchev–Trinajstić information content (AvgIpc) is 2.33. The first kappa shape index (κ1) is 14.8. The van der Waals surface area contributed by atoms with Gasteiger partial charge in [0.15, 0.2) is 0 Å². The van der Waals surface area contributed by atoms with Gasteiger partial charge in [-0.05, 0) is 12.8 Å². The molecule has 2 rings (SSSR count). The van der Waals surface area contributed by atoms with E-state index in [9.17, 15) is 0 Å². The van der Waals surface area contributed by atoms with Crippen LogP contribution in [0.4, 0.5) is 0 Å². The van der Waals surface area contributed by atoms with Crippen LogP contribution in [-0.4, -0.2) is 38.6 Å². The van der Waals surface area contributed by atoms with Crippen LogP contribution >= 0.6 is 0 Å². The fourth-order valence-electron chi connectivity index (χ4n) is 2.93. The van der Waals surface area contributed by atoms with E-state index in [1.54, 1.807) is 0 Å². The normalized spacial score (nSPS) is 26.6. The van der Waals surface area contributed by atoms with Gasteiger partial charge in [-0.25, -0.2) is 0 Å². The predicted octanol–water partition coefficient (Wildman–Crippen LogP) is 2.97. The summed E-state index contributed by atoms with van der Waals surface area (Å²) in [6, 6.07) is 0. The topological polar surface area (TPSA) is 27.7 Å². The SMILES string of the molecule is C=CC(OC(C=C)C1(CC)COC1)C1(CC)COC1. The van der Waals surface area contributed by atoms with Gasteiger partial charge in [0.25, 0.3) is 0 Å². The molecule has 3 heteroatoms. The van der Waals surface area contributed by atoms with Gasteiger partial charge in [-0.1, -0.05) is 26.0 Å². The summed E-state index contributed by atoms with van der Waals surface area (Å²) in [5.41, 5.74) is 0.199. The minimum absolute atomic E-state index is 0.0262. The van der Waals surface area contributed by atoms with Gasteiger partial charge >= 0.3 is 0 Å². The summed E-state index contributed by atoms with van der Waals surface area (Å²) >= 11 is 0. The summed E-state index contributed by atoms with van der Waals surface area (Å²) in [4.78, 5) is 0. The molecule has 2 fully saturated rings. The standard InChI is InChI=1S/C16H26O3/c1-5-13(15(7-3)9-17-10-15)19-14(6-2)16(8-4)11-18-12-16/h5-6,13-14H,1-2,7-12H2,3-4H3. The number of hydrogen-bond acceptors (Lipinski definition) is 3. The fourth-order valence-corrected chi connectivity index (χ4v) is 2.93. The molecule has 2 aliphatic heterocycles. The van der Waals surface area contributed by atoms with Crippen LogP contribution in [0.15, 0.2) is 25.3 Å². The number of hydrogen-bond donors (Lipinski definition) is 0. The van der Waals surface area contributed by atoms with Gasteiger partial charge in [0.2, 0.25) is 0 Å². The van der Waals surface area contributed by atoms with Crippen molar-refractivity contribution in [3.05, 3.63) is 25.3 Å². The van der Waals surface area contributed by atoms with Crippen LogP contribution in [0, 0.1) is 10.8 Å². The molecule has 3 nitrogen and oxygen atoms in total. The van der Waals surface area contributed by atoms with Crippen LogP contribution in [0.3, 0.4) is 0 Å². The third-order valence-electron chi connectivity index (χ3n) is 4.89. The number of rotatable bonds is 8. The molecule has 2 saturated heterocycles. The van der Waals surface area contributed by atoms with Gasteiger partial charge in [-0.15, -0.1) is 13.2 Å². The second-order valence-corrected chi connectivity index (χ2v) is 5.87. The molecule has 0 spiro atoms. The Kier molecular flexibility index (Phi) is 4.49. The van der Waals surface area contributed by atoms with Crippen molar-refractivity contribution in [1.82, 2.24) is 0 Å². The zero-order chi connectivity index (χ0) is 13.9. The number of ether oxygens (including phenoxy) is 3. The van der Waals surface area contributed by atoms with E-state index >= 15 is 0 Å². The molecule has 0 saturated carbocycles. The Morgan fingerprint density at radius 1 is 0.947 bits per heavy atom. The highest BCUT2D eigenvalue weighted by atomic mass is 16.5. The predicted molar refractivity (Wildman–Crippen MR) is 76.1 cm³/mol. The highest BCUT2D eigenvalue weighted by Crippen LogP contribution is 2.42. The zero-order valence-corrected chi connectivity index (χ0v) is 12.2. The molecule has 2 atom stereocenters. The Balaban J connectivity index is 2.07. The highest BCUT2D eigenvalue weighted by molar-refractivity contribution is 5.06. The fraction of sp³-hybridized carbons (Fsp3) is 0.750. The summed E-state index contributed by atoms with van der Waals surface area (Å²) in [6.45, 7) is 15.3. The molecule has 2 aliphatic rings. The van der Waals surface area contributed by atoms with E-state index in [2.05, 4.69) is 27.0 Å². The van der Waals surface area contributed by atoms with Crippen LogP contribution in [0.25, 0.3) is 0 Å². The lowest BCUT2D eigenvalue weighted by Crippen LogP contribution is -2.56. The van der Waals surface area contributed by atoms with Gasteiger partial charge < -0.3 is 14.2 Å². The Bertz CT molecular complexity index is 286. The monoisotopic (exact) mass is 266 g/mol. The molecule has 2 heterocycles. The van der Waals surface area contributed by atoms with E-state index in [1.165, 1.54) is 0 Å². The van der Waals surface area contributed by atoms with Crippen molar-refractivity contribution < 1.29 is 14.2 Å². The van der Waals surface area contributed by atoms with Crippen molar-refractivity contribution in [2.45, 2.75) is 38.9 Å². The molecule has 0 radical (unpaired) electrons. The van der Waals surface area contributed by atoms with E-state index in [0.29, 0.717) is 0 Å². The summed E-state index contributed by atoms with van der Waals surface area (Å²) in [7, 11) is 0. The van der Waals surface area contributed by atoms with E-state index < -0.39 is 0 Å². The molecule has 0 aromatic heterocycles. The van der Waals surface area contributed by atoms with Crippen molar-refractivity contribution in [3.63, 3.8) is 0 Å². The third kappa shape index (κ3) is 2.39. The van der Waals surface area contributed by atoms with Gasteiger partial charge in [-0.3, -0.25) is 0 Å². The maximum absolute atomic E-state index is 6.35. The summed E-state index contributed by atoms with van der Waals surface area (Å²) in [6.07, 6.45) is 5.99. The smallest absolute Gasteiger partial charge is 0.0861 e. The van der Waals surface area contributed by atoms with Gasteiger partial charge in [0.1, 0.15) is 0 Å². The third-order valence-corrected chi connectivity index (χ3v) is 4.89.